The fourth-order valence-electron chi connectivity index (χ4n) is 4.34. The van der Waals surface area contributed by atoms with E-state index < -0.39 is 11.9 Å². The lowest BCUT2D eigenvalue weighted by Crippen LogP contribution is -2.36. The van der Waals surface area contributed by atoms with E-state index in [1.807, 2.05) is 19.9 Å². The number of unbranched alkanes of at least 4 members (excludes halogenated alkanes) is 3. The lowest BCUT2D eigenvalue weighted by Gasteiger charge is -2.32. The van der Waals surface area contributed by atoms with Gasteiger partial charge in [0.05, 0.1) is 25.9 Å². The minimum atomic E-state index is -0.549. The molecule has 0 radical (unpaired) electrons. The molecule has 0 aromatic heterocycles. The molecule has 5 nitrogen and oxygen atoms in total. The van der Waals surface area contributed by atoms with Crippen LogP contribution in [-0.2, 0) is 19.0 Å². The van der Waals surface area contributed by atoms with Gasteiger partial charge in [-0.3, -0.25) is 0 Å². The zero-order chi connectivity index (χ0) is 20.5. The van der Waals surface area contributed by atoms with E-state index in [1.165, 1.54) is 0 Å². The molecule has 2 fully saturated rings. The number of aliphatic hydroxyl groups is 1. The number of allylic oxidation sites excluding steroid dienone is 1. The highest BCUT2D eigenvalue weighted by atomic mass is 16.7. The van der Waals surface area contributed by atoms with Gasteiger partial charge < -0.3 is 24.1 Å². The quantitative estimate of drug-likeness (QED) is 0.286. The fraction of sp³-hybridized carbons (Fsp3) is 0.870. The van der Waals surface area contributed by atoms with Gasteiger partial charge in [0.1, 0.15) is 6.29 Å². The van der Waals surface area contributed by atoms with Gasteiger partial charge in [0.15, 0.2) is 5.79 Å². The van der Waals surface area contributed by atoms with Crippen molar-refractivity contribution in [2.75, 3.05) is 26.4 Å². The summed E-state index contributed by atoms with van der Waals surface area (Å²) in [5, 5.41) is 10.7. The predicted octanol–water partition coefficient (Wildman–Crippen LogP) is 4.28. The Balaban J connectivity index is 1.94. The van der Waals surface area contributed by atoms with E-state index in [2.05, 4.69) is 13.0 Å². The van der Waals surface area contributed by atoms with Gasteiger partial charge in [-0.1, -0.05) is 45.8 Å². The zero-order valence-corrected chi connectivity index (χ0v) is 18.0. The second kappa shape index (κ2) is 11.4. The predicted molar refractivity (Wildman–Crippen MR) is 110 cm³/mol. The van der Waals surface area contributed by atoms with Crippen LogP contribution >= 0.6 is 0 Å². The summed E-state index contributed by atoms with van der Waals surface area (Å²) in [5.74, 6) is 0.162. The van der Waals surface area contributed by atoms with Gasteiger partial charge in [0, 0.05) is 30.8 Å². The summed E-state index contributed by atoms with van der Waals surface area (Å²) in [6, 6.07) is 0. The van der Waals surface area contributed by atoms with Crippen molar-refractivity contribution < 1.29 is 24.1 Å². The number of aliphatic hydroxyl groups excluding tert-OH is 1. The van der Waals surface area contributed by atoms with E-state index in [0.29, 0.717) is 32.2 Å². The summed E-state index contributed by atoms with van der Waals surface area (Å²) in [4.78, 5) is 10.6. The molecule has 0 aromatic carbocycles. The van der Waals surface area contributed by atoms with Crippen LogP contribution in [0.25, 0.3) is 0 Å². The first-order valence-corrected chi connectivity index (χ1v) is 11.1. The standard InChI is InChI=1S/C23H40O5/c1-4-5-15-26-18-22(2,3)21(25)11-10-19-12-13-23(27-16-17-28-23)20(19)9-7-6-8-14-24/h10-11,14,19-21,25H,4-9,12-13,15-18H2,1-3H3/b11-10+. The molecule has 1 N–H and O–H groups in total. The molecule has 1 saturated heterocycles. The first-order valence-electron chi connectivity index (χ1n) is 11.1. The molecule has 1 heterocycles. The molecular weight excluding hydrogens is 356 g/mol. The van der Waals surface area contributed by atoms with Crippen molar-refractivity contribution in [1.82, 2.24) is 0 Å². The van der Waals surface area contributed by atoms with Crippen molar-refractivity contribution in [3.8, 4) is 0 Å². The van der Waals surface area contributed by atoms with Crippen molar-refractivity contribution in [2.45, 2.75) is 84.0 Å². The number of carbonyl (C=O) groups is 1. The van der Waals surface area contributed by atoms with Gasteiger partial charge in [-0.15, -0.1) is 0 Å². The van der Waals surface area contributed by atoms with Crippen LogP contribution in [0.3, 0.4) is 0 Å². The molecule has 2 rings (SSSR count). The van der Waals surface area contributed by atoms with E-state index in [9.17, 15) is 9.90 Å². The zero-order valence-electron chi connectivity index (χ0n) is 18.0. The largest absolute Gasteiger partial charge is 0.388 e. The Hall–Kier alpha value is -0.750. The smallest absolute Gasteiger partial charge is 0.171 e. The van der Waals surface area contributed by atoms with Crippen LogP contribution in [0.15, 0.2) is 12.2 Å². The molecule has 1 aliphatic heterocycles. The van der Waals surface area contributed by atoms with Crippen molar-refractivity contribution >= 4 is 6.29 Å². The molecule has 2 aliphatic rings. The fourth-order valence-corrected chi connectivity index (χ4v) is 4.34. The highest BCUT2D eigenvalue weighted by Crippen LogP contribution is 2.48. The molecular formula is C23H40O5. The van der Waals surface area contributed by atoms with Gasteiger partial charge in [-0.25, -0.2) is 0 Å². The third-order valence-corrected chi connectivity index (χ3v) is 6.23. The summed E-state index contributed by atoms with van der Waals surface area (Å²) in [7, 11) is 0. The van der Waals surface area contributed by atoms with Gasteiger partial charge in [0.2, 0.25) is 0 Å². The second-order valence-electron chi connectivity index (χ2n) is 8.99. The summed E-state index contributed by atoms with van der Waals surface area (Å²) in [6.45, 7) is 8.85. The van der Waals surface area contributed by atoms with Gasteiger partial charge in [-0.2, -0.15) is 0 Å². The Morgan fingerprint density at radius 1 is 1.25 bits per heavy atom. The minimum Gasteiger partial charge on any atom is -0.388 e. The lowest BCUT2D eigenvalue weighted by molar-refractivity contribution is -0.186. The third-order valence-electron chi connectivity index (χ3n) is 6.23. The molecule has 3 atom stereocenters. The molecule has 0 bridgehead atoms. The Bertz CT molecular complexity index is 481. The van der Waals surface area contributed by atoms with Crippen molar-refractivity contribution in [2.24, 2.45) is 17.3 Å². The first-order chi connectivity index (χ1) is 13.4. The van der Waals surface area contributed by atoms with E-state index >= 15 is 0 Å². The lowest BCUT2D eigenvalue weighted by atomic mass is 9.84. The maximum Gasteiger partial charge on any atom is 0.171 e. The SMILES string of the molecule is CCCCOCC(C)(C)C(O)/C=C/C1CCC2(OCCO2)C1CCCCC=O. The topological polar surface area (TPSA) is 65.0 Å². The number of carbonyl (C=O) groups excluding carboxylic acids is 1. The van der Waals surface area contributed by atoms with Gasteiger partial charge in [0.25, 0.3) is 0 Å². The monoisotopic (exact) mass is 396 g/mol. The Kier molecular flexibility index (Phi) is 9.61. The van der Waals surface area contributed by atoms with Crippen molar-refractivity contribution in [3.05, 3.63) is 12.2 Å². The highest BCUT2D eigenvalue weighted by Gasteiger charge is 2.51. The number of hydrogen-bond acceptors (Lipinski definition) is 5. The molecule has 3 unspecified atom stereocenters. The van der Waals surface area contributed by atoms with Crippen LogP contribution in [0.4, 0.5) is 0 Å². The van der Waals surface area contributed by atoms with E-state index in [-0.39, 0.29) is 11.3 Å². The summed E-state index contributed by atoms with van der Waals surface area (Å²) in [6.07, 6.45) is 12.2. The highest BCUT2D eigenvalue weighted by molar-refractivity contribution is 5.48. The average Bonchev–Trinajstić information content (AvgIpc) is 3.28. The Morgan fingerprint density at radius 2 is 2.00 bits per heavy atom. The normalized spacial score (nSPS) is 25.7. The van der Waals surface area contributed by atoms with Crippen molar-refractivity contribution in [3.63, 3.8) is 0 Å². The summed E-state index contributed by atoms with van der Waals surface area (Å²) >= 11 is 0. The number of hydrogen-bond donors (Lipinski definition) is 1. The van der Waals surface area contributed by atoms with Crippen LogP contribution in [0.5, 0.6) is 0 Å². The minimum absolute atomic E-state index is 0.286. The van der Waals surface area contributed by atoms with Crippen LogP contribution in [0.2, 0.25) is 0 Å². The molecule has 0 amide bonds. The second-order valence-corrected chi connectivity index (χ2v) is 8.99. The molecule has 28 heavy (non-hydrogen) atoms. The van der Waals surface area contributed by atoms with Gasteiger partial charge >= 0.3 is 0 Å². The Morgan fingerprint density at radius 3 is 2.68 bits per heavy atom. The first kappa shape index (κ1) is 23.5. The average molecular weight is 397 g/mol. The van der Waals surface area contributed by atoms with Gasteiger partial charge in [-0.05, 0) is 31.6 Å². The van der Waals surface area contributed by atoms with E-state index in [0.717, 1.165) is 57.8 Å². The maximum absolute atomic E-state index is 10.7. The summed E-state index contributed by atoms with van der Waals surface area (Å²) in [5.41, 5.74) is -0.319. The van der Waals surface area contributed by atoms with E-state index in [1.54, 1.807) is 0 Å². The van der Waals surface area contributed by atoms with Crippen LogP contribution in [0.1, 0.15) is 72.1 Å². The number of aldehydes is 1. The molecule has 1 saturated carbocycles. The van der Waals surface area contributed by atoms with Crippen molar-refractivity contribution in [1.29, 1.82) is 0 Å². The molecule has 5 heteroatoms. The number of rotatable bonds is 13. The maximum atomic E-state index is 10.7. The van der Waals surface area contributed by atoms with Crippen LogP contribution < -0.4 is 0 Å². The third kappa shape index (κ3) is 6.38. The Labute approximate surface area is 170 Å². The molecule has 0 aromatic rings. The summed E-state index contributed by atoms with van der Waals surface area (Å²) < 4.78 is 17.8. The molecule has 1 spiro atoms. The molecule has 162 valence electrons. The number of ether oxygens (including phenoxy) is 3. The van der Waals surface area contributed by atoms with Crippen LogP contribution in [-0.4, -0.2) is 49.7 Å². The van der Waals surface area contributed by atoms with E-state index in [4.69, 9.17) is 14.2 Å². The molecule has 1 aliphatic carbocycles. The van der Waals surface area contributed by atoms with Crippen LogP contribution in [0, 0.1) is 17.3 Å².